The van der Waals surface area contributed by atoms with Crippen LogP contribution in [-0.4, -0.2) is 57.1 Å². The number of hydrogen-bond donors (Lipinski definition) is 2. The minimum absolute atomic E-state index is 0.0125. The van der Waals surface area contributed by atoms with E-state index in [4.69, 9.17) is 0 Å². The largest absolute Gasteiger partial charge is 0.356 e. The van der Waals surface area contributed by atoms with Gasteiger partial charge in [-0.05, 0) is 37.6 Å². The lowest BCUT2D eigenvalue weighted by molar-refractivity contribution is -0.126. The van der Waals surface area contributed by atoms with Gasteiger partial charge >= 0.3 is 0 Å². The highest BCUT2D eigenvalue weighted by atomic mass is 32.2. The van der Waals surface area contributed by atoms with Crippen molar-refractivity contribution in [1.29, 1.82) is 0 Å². The van der Waals surface area contributed by atoms with Crippen LogP contribution in [0.1, 0.15) is 35.9 Å². The number of piperidine rings is 1. The number of thiophene rings is 1. The molecule has 2 N–H and O–H groups in total. The van der Waals surface area contributed by atoms with Crippen LogP contribution < -0.4 is 10.0 Å². The van der Waals surface area contributed by atoms with Gasteiger partial charge in [0.15, 0.2) is 0 Å². The van der Waals surface area contributed by atoms with Crippen molar-refractivity contribution in [3.63, 3.8) is 0 Å². The highest BCUT2D eigenvalue weighted by Gasteiger charge is 2.29. The molecule has 7 nitrogen and oxygen atoms in total. The molecule has 1 aliphatic rings. The van der Waals surface area contributed by atoms with Crippen molar-refractivity contribution >= 4 is 33.2 Å². The molecule has 0 bridgehead atoms. The maximum atomic E-state index is 12.4. The normalized spacial score (nSPS) is 18.1. The van der Waals surface area contributed by atoms with Crippen molar-refractivity contribution in [1.82, 2.24) is 14.9 Å². The van der Waals surface area contributed by atoms with E-state index in [9.17, 15) is 18.0 Å². The van der Waals surface area contributed by atoms with Crippen LogP contribution in [0.5, 0.6) is 0 Å². The van der Waals surface area contributed by atoms with Crippen molar-refractivity contribution in [2.45, 2.75) is 26.2 Å². The molecule has 1 fully saturated rings. The van der Waals surface area contributed by atoms with Gasteiger partial charge in [0.1, 0.15) is 0 Å². The summed E-state index contributed by atoms with van der Waals surface area (Å²) in [6, 6.07) is 3.65. The van der Waals surface area contributed by atoms with Gasteiger partial charge in [-0.1, -0.05) is 6.07 Å². The zero-order chi connectivity index (χ0) is 18.3. The van der Waals surface area contributed by atoms with Crippen LogP contribution in [0, 0.1) is 5.92 Å². The Kier molecular flexibility index (Phi) is 7.39. The first-order valence-electron chi connectivity index (χ1n) is 8.50. The zero-order valence-corrected chi connectivity index (χ0v) is 16.0. The molecule has 2 rings (SSSR count). The van der Waals surface area contributed by atoms with Gasteiger partial charge in [0.05, 0.1) is 16.5 Å². The van der Waals surface area contributed by atoms with E-state index in [-0.39, 0.29) is 23.5 Å². The fourth-order valence-electron chi connectivity index (χ4n) is 2.71. The smallest absolute Gasteiger partial charge is 0.263 e. The predicted octanol–water partition coefficient (Wildman–Crippen LogP) is 1.05. The molecule has 25 heavy (non-hydrogen) atoms. The Bertz CT molecular complexity index is 674. The van der Waals surface area contributed by atoms with E-state index < -0.39 is 10.0 Å². The van der Waals surface area contributed by atoms with E-state index in [1.165, 1.54) is 11.3 Å². The molecule has 0 saturated carbocycles. The molecule has 0 spiro atoms. The van der Waals surface area contributed by atoms with Crippen molar-refractivity contribution in [3.05, 3.63) is 22.4 Å². The average Bonchev–Trinajstić information content (AvgIpc) is 3.15. The Balaban J connectivity index is 1.73. The van der Waals surface area contributed by atoms with E-state index in [0.717, 1.165) is 12.8 Å². The molecule has 9 heteroatoms. The Morgan fingerprint density at radius 3 is 2.84 bits per heavy atom. The third-order valence-electron chi connectivity index (χ3n) is 4.17. The van der Waals surface area contributed by atoms with E-state index in [1.54, 1.807) is 17.9 Å². The molecule has 1 aromatic heterocycles. The number of nitrogens with zero attached hydrogens (tertiary/aromatic N) is 1. The molecule has 0 aromatic carbocycles. The van der Waals surface area contributed by atoms with Gasteiger partial charge in [0, 0.05) is 26.2 Å². The first-order chi connectivity index (χ1) is 11.9. The van der Waals surface area contributed by atoms with Crippen molar-refractivity contribution in [2.75, 3.05) is 31.9 Å². The van der Waals surface area contributed by atoms with E-state index in [0.29, 0.717) is 37.5 Å². The lowest BCUT2D eigenvalue weighted by Crippen LogP contribution is -2.45. The summed E-state index contributed by atoms with van der Waals surface area (Å²) in [6.07, 6.45) is 2.11. The van der Waals surface area contributed by atoms with Gasteiger partial charge in [-0.3, -0.25) is 9.59 Å². The highest BCUT2D eigenvalue weighted by Crippen LogP contribution is 2.20. The van der Waals surface area contributed by atoms with Gasteiger partial charge < -0.3 is 10.2 Å². The first kappa shape index (κ1) is 19.9. The van der Waals surface area contributed by atoms with E-state index in [2.05, 4.69) is 10.0 Å². The second kappa shape index (κ2) is 9.30. The Morgan fingerprint density at radius 2 is 2.16 bits per heavy atom. The Morgan fingerprint density at radius 1 is 1.36 bits per heavy atom. The molecule has 2 amide bonds. The van der Waals surface area contributed by atoms with Gasteiger partial charge in [-0.15, -0.1) is 11.3 Å². The summed E-state index contributed by atoms with van der Waals surface area (Å²) in [5, 5.41) is 4.71. The number of hydrogen-bond acceptors (Lipinski definition) is 5. The fourth-order valence-corrected chi connectivity index (χ4v) is 4.06. The summed E-state index contributed by atoms with van der Waals surface area (Å²) in [6.45, 7) is 3.42. The lowest BCUT2D eigenvalue weighted by Gasteiger charge is -2.31. The summed E-state index contributed by atoms with van der Waals surface area (Å²) in [5.41, 5.74) is 0. The predicted molar refractivity (Wildman–Crippen MR) is 98.0 cm³/mol. The van der Waals surface area contributed by atoms with Crippen molar-refractivity contribution in [2.24, 2.45) is 5.92 Å². The molecule has 140 valence electrons. The second-order valence-electron chi connectivity index (χ2n) is 6.01. The Hall–Kier alpha value is -1.45. The number of amides is 2. The molecule has 2 heterocycles. The fraction of sp³-hybridized carbons (Fsp3) is 0.625. The molecule has 0 radical (unpaired) electrons. The minimum Gasteiger partial charge on any atom is -0.356 e. The first-order valence-corrected chi connectivity index (χ1v) is 11.0. The second-order valence-corrected chi connectivity index (χ2v) is 9.05. The van der Waals surface area contributed by atoms with Crippen LogP contribution in [0.3, 0.4) is 0 Å². The molecule has 0 aliphatic carbocycles. The summed E-state index contributed by atoms with van der Waals surface area (Å²) < 4.78 is 25.1. The topological polar surface area (TPSA) is 95.6 Å². The molecule has 0 unspecified atom stereocenters. The highest BCUT2D eigenvalue weighted by molar-refractivity contribution is 7.89. The van der Waals surface area contributed by atoms with Crippen molar-refractivity contribution in [3.8, 4) is 0 Å². The quantitative estimate of drug-likeness (QED) is 0.652. The van der Waals surface area contributed by atoms with Crippen LogP contribution in [0.15, 0.2) is 17.5 Å². The zero-order valence-electron chi connectivity index (χ0n) is 14.4. The molecule has 1 atom stereocenters. The van der Waals surface area contributed by atoms with E-state index in [1.807, 2.05) is 11.4 Å². The Labute approximate surface area is 152 Å². The standard InChI is InChI=1S/C16H25N3O4S2/c1-2-25(22,23)18-9-5-8-17-15(20)13-6-3-10-19(12-13)16(21)14-7-4-11-24-14/h4,7,11,13,18H,2-3,5-6,8-10,12H2,1H3,(H,17,20)/t13-/m1/s1. The van der Waals surface area contributed by atoms with Crippen LogP contribution in [-0.2, 0) is 14.8 Å². The van der Waals surface area contributed by atoms with Gasteiger partial charge in [-0.25, -0.2) is 13.1 Å². The van der Waals surface area contributed by atoms with Crippen LogP contribution in [0.4, 0.5) is 0 Å². The summed E-state index contributed by atoms with van der Waals surface area (Å²) in [4.78, 5) is 27.1. The summed E-state index contributed by atoms with van der Waals surface area (Å²) in [7, 11) is -3.18. The number of nitrogens with one attached hydrogen (secondary N) is 2. The molecule has 1 saturated heterocycles. The lowest BCUT2D eigenvalue weighted by atomic mass is 9.97. The third-order valence-corrected chi connectivity index (χ3v) is 6.43. The minimum atomic E-state index is -3.18. The maximum absolute atomic E-state index is 12.4. The van der Waals surface area contributed by atoms with Crippen LogP contribution in [0.25, 0.3) is 0 Å². The van der Waals surface area contributed by atoms with Gasteiger partial charge in [0.25, 0.3) is 5.91 Å². The number of rotatable bonds is 8. The number of carbonyl (C=O) groups is 2. The van der Waals surface area contributed by atoms with Crippen LogP contribution >= 0.6 is 11.3 Å². The molecular formula is C16H25N3O4S2. The monoisotopic (exact) mass is 387 g/mol. The van der Waals surface area contributed by atoms with E-state index >= 15 is 0 Å². The number of carbonyl (C=O) groups excluding carboxylic acids is 2. The van der Waals surface area contributed by atoms with Crippen LogP contribution in [0.2, 0.25) is 0 Å². The third kappa shape index (κ3) is 6.09. The number of likely N-dealkylation sites (tertiary alicyclic amines) is 1. The molecule has 1 aliphatic heterocycles. The van der Waals surface area contributed by atoms with Gasteiger partial charge in [0.2, 0.25) is 15.9 Å². The molecular weight excluding hydrogens is 362 g/mol. The maximum Gasteiger partial charge on any atom is 0.263 e. The SMILES string of the molecule is CCS(=O)(=O)NCCCNC(=O)[C@@H]1CCCN(C(=O)c2cccs2)C1. The van der Waals surface area contributed by atoms with Crippen molar-refractivity contribution < 1.29 is 18.0 Å². The van der Waals surface area contributed by atoms with Gasteiger partial charge in [-0.2, -0.15) is 0 Å². The summed E-state index contributed by atoms with van der Waals surface area (Å²) in [5.74, 6) is -0.233. The summed E-state index contributed by atoms with van der Waals surface area (Å²) >= 11 is 1.41. The average molecular weight is 388 g/mol. The number of sulfonamides is 1. The molecule has 1 aromatic rings.